The van der Waals surface area contributed by atoms with Crippen molar-refractivity contribution >= 4 is 18.0 Å². The van der Waals surface area contributed by atoms with Gasteiger partial charge in [-0.1, -0.05) is 13.3 Å². The summed E-state index contributed by atoms with van der Waals surface area (Å²) >= 11 is 1.36. The maximum Gasteiger partial charge on any atom is 0.303 e. The number of rotatable bonds is 5. The Labute approximate surface area is 100 Å². The van der Waals surface area contributed by atoms with Crippen LogP contribution in [0.2, 0.25) is 0 Å². The summed E-state index contributed by atoms with van der Waals surface area (Å²) in [7, 11) is 0. The Hall–Kier alpha value is -0.680. The van der Waals surface area contributed by atoms with Crippen LogP contribution in [0.15, 0.2) is 10.7 Å². The van der Waals surface area contributed by atoms with Crippen molar-refractivity contribution in [1.29, 1.82) is 0 Å². The van der Waals surface area contributed by atoms with Crippen LogP contribution in [0, 0.1) is 0 Å². The summed E-state index contributed by atoms with van der Waals surface area (Å²) in [5, 5.41) is 8.60. The topological polar surface area (TPSA) is 55.8 Å². The quantitative estimate of drug-likeness (QED) is 0.756. The van der Waals surface area contributed by atoms with E-state index >= 15 is 0 Å². The lowest BCUT2D eigenvalue weighted by Gasteiger charge is -2.15. The molecule has 1 aliphatic rings. The summed E-state index contributed by atoms with van der Waals surface area (Å²) in [6, 6.07) is 0. The Balaban J connectivity index is 2.50. The molecule has 0 bridgehead atoms. The standard InChI is InChI=1S/C11H18O4S/c1-3-4-10-8(2)15-9(7-14-16-10)5-6-11(12)13/h9H,3-7H2,1-2H3,(H,12,13). The predicted octanol–water partition coefficient (Wildman–Crippen LogP) is 2.95. The fourth-order valence-electron chi connectivity index (χ4n) is 1.46. The highest BCUT2D eigenvalue weighted by molar-refractivity contribution is 7.98. The third-order valence-corrected chi connectivity index (χ3v) is 3.25. The van der Waals surface area contributed by atoms with Gasteiger partial charge in [0.1, 0.15) is 11.9 Å². The van der Waals surface area contributed by atoms with E-state index in [1.165, 1.54) is 12.0 Å². The molecule has 0 aromatic rings. The van der Waals surface area contributed by atoms with Gasteiger partial charge in [0, 0.05) is 18.5 Å². The van der Waals surface area contributed by atoms with E-state index in [1.54, 1.807) is 0 Å². The molecule has 1 unspecified atom stereocenters. The summed E-state index contributed by atoms with van der Waals surface area (Å²) in [6.07, 6.45) is 2.47. The molecule has 16 heavy (non-hydrogen) atoms. The van der Waals surface area contributed by atoms with Gasteiger partial charge < -0.3 is 14.0 Å². The van der Waals surface area contributed by atoms with Crippen molar-refractivity contribution in [3.63, 3.8) is 0 Å². The van der Waals surface area contributed by atoms with Gasteiger partial charge >= 0.3 is 5.97 Å². The van der Waals surface area contributed by atoms with Crippen molar-refractivity contribution in [2.75, 3.05) is 6.61 Å². The Morgan fingerprint density at radius 3 is 3.00 bits per heavy atom. The van der Waals surface area contributed by atoms with Crippen LogP contribution in [-0.4, -0.2) is 23.8 Å². The van der Waals surface area contributed by atoms with Crippen molar-refractivity contribution < 1.29 is 18.8 Å². The van der Waals surface area contributed by atoms with Crippen molar-refractivity contribution in [3.8, 4) is 0 Å². The number of carboxylic acids is 1. The number of aliphatic carboxylic acids is 1. The van der Waals surface area contributed by atoms with Gasteiger partial charge in [0.2, 0.25) is 0 Å². The SMILES string of the molecule is CCCC1=C(C)OC(CCC(=O)O)COS1. The van der Waals surface area contributed by atoms with E-state index in [-0.39, 0.29) is 12.5 Å². The molecule has 4 nitrogen and oxygen atoms in total. The molecule has 0 spiro atoms. The van der Waals surface area contributed by atoms with Crippen LogP contribution in [0.4, 0.5) is 0 Å². The highest BCUT2D eigenvalue weighted by Crippen LogP contribution is 2.30. The first-order chi connectivity index (χ1) is 7.63. The lowest BCUT2D eigenvalue weighted by atomic mass is 10.2. The summed E-state index contributed by atoms with van der Waals surface area (Å²) in [5.74, 6) is 0.0793. The van der Waals surface area contributed by atoms with Gasteiger partial charge in [-0.25, -0.2) is 0 Å². The highest BCUT2D eigenvalue weighted by atomic mass is 32.2. The molecule has 0 radical (unpaired) electrons. The lowest BCUT2D eigenvalue weighted by molar-refractivity contribution is -0.137. The van der Waals surface area contributed by atoms with Crippen molar-refractivity contribution in [3.05, 3.63) is 10.7 Å². The van der Waals surface area contributed by atoms with Crippen LogP contribution < -0.4 is 0 Å². The third-order valence-electron chi connectivity index (χ3n) is 2.31. The molecule has 1 rings (SSSR count). The molecule has 5 heteroatoms. The van der Waals surface area contributed by atoms with Crippen molar-refractivity contribution in [2.24, 2.45) is 0 Å². The zero-order chi connectivity index (χ0) is 12.0. The fourth-order valence-corrected chi connectivity index (χ4v) is 2.28. The van der Waals surface area contributed by atoms with Crippen molar-refractivity contribution in [2.45, 2.75) is 45.6 Å². The first kappa shape index (κ1) is 13.4. The Morgan fingerprint density at radius 1 is 1.62 bits per heavy atom. The van der Waals surface area contributed by atoms with Gasteiger partial charge in [-0.2, -0.15) is 0 Å². The average Bonchev–Trinajstić information content (AvgIpc) is 2.39. The molecule has 1 atom stereocenters. The molecule has 1 heterocycles. The minimum atomic E-state index is -0.795. The molecule has 0 aromatic heterocycles. The minimum Gasteiger partial charge on any atom is -0.492 e. The van der Waals surface area contributed by atoms with E-state index in [1.807, 2.05) is 6.92 Å². The Bertz CT molecular complexity index is 275. The summed E-state index contributed by atoms with van der Waals surface area (Å²) < 4.78 is 11.1. The smallest absolute Gasteiger partial charge is 0.303 e. The molecule has 92 valence electrons. The first-order valence-electron chi connectivity index (χ1n) is 5.51. The van der Waals surface area contributed by atoms with Crippen LogP contribution in [0.1, 0.15) is 39.5 Å². The summed E-state index contributed by atoms with van der Waals surface area (Å²) in [5.41, 5.74) is 0. The lowest BCUT2D eigenvalue weighted by Crippen LogP contribution is -2.18. The average molecular weight is 246 g/mol. The molecule has 0 saturated carbocycles. The third kappa shape index (κ3) is 4.45. The maximum absolute atomic E-state index is 10.5. The van der Waals surface area contributed by atoms with Crippen LogP contribution in [0.25, 0.3) is 0 Å². The van der Waals surface area contributed by atoms with Crippen LogP contribution in [0.5, 0.6) is 0 Å². The number of hydrogen-bond acceptors (Lipinski definition) is 4. The molecular weight excluding hydrogens is 228 g/mol. The number of carbonyl (C=O) groups is 1. The second-order valence-corrected chi connectivity index (χ2v) is 4.66. The van der Waals surface area contributed by atoms with E-state index in [0.29, 0.717) is 13.0 Å². The second-order valence-electron chi connectivity index (χ2n) is 3.77. The highest BCUT2D eigenvalue weighted by Gasteiger charge is 2.19. The number of allylic oxidation sites excluding steroid dienone is 2. The Kier molecular flexibility index (Phi) is 5.69. The fraction of sp³-hybridized carbons (Fsp3) is 0.727. The molecule has 1 aliphatic heterocycles. The first-order valence-corrected chi connectivity index (χ1v) is 6.25. The van der Waals surface area contributed by atoms with E-state index in [0.717, 1.165) is 23.5 Å². The van der Waals surface area contributed by atoms with Gasteiger partial charge in [-0.3, -0.25) is 4.79 Å². The van der Waals surface area contributed by atoms with E-state index < -0.39 is 5.97 Å². The van der Waals surface area contributed by atoms with E-state index in [2.05, 4.69) is 6.92 Å². The number of carboxylic acid groups (broad SMARTS) is 1. The zero-order valence-electron chi connectivity index (χ0n) is 9.69. The predicted molar refractivity (Wildman–Crippen MR) is 62.9 cm³/mol. The van der Waals surface area contributed by atoms with Gasteiger partial charge in [0.05, 0.1) is 11.5 Å². The number of hydrogen-bond donors (Lipinski definition) is 1. The number of ether oxygens (including phenoxy) is 1. The molecule has 0 saturated heterocycles. The van der Waals surface area contributed by atoms with Crippen LogP contribution in [0.3, 0.4) is 0 Å². The second kappa shape index (κ2) is 6.81. The normalized spacial score (nSPS) is 21.5. The zero-order valence-corrected chi connectivity index (χ0v) is 10.5. The molecule has 1 N–H and O–H groups in total. The molecule has 0 fully saturated rings. The largest absolute Gasteiger partial charge is 0.492 e. The van der Waals surface area contributed by atoms with E-state index in [4.69, 9.17) is 14.0 Å². The molecule has 0 amide bonds. The van der Waals surface area contributed by atoms with Gasteiger partial charge in [0.15, 0.2) is 0 Å². The minimum absolute atomic E-state index is 0.120. The van der Waals surface area contributed by atoms with Crippen LogP contribution >= 0.6 is 12.0 Å². The molecular formula is C11H18O4S. The van der Waals surface area contributed by atoms with Crippen molar-refractivity contribution in [1.82, 2.24) is 0 Å². The maximum atomic E-state index is 10.5. The van der Waals surface area contributed by atoms with Gasteiger partial charge in [-0.15, -0.1) is 0 Å². The molecule has 0 aromatic carbocycles. The monoisotopic (exact) mass is 246 g/mol. The van der Waals surface area contributed by atoms with Crippen LogP contribution in [-0.2, 0) is 13.7 Å². The summed E-state index contributed by atoms with van der Waals surface area (Å²) in [4.78, 5) is 11.6. The Morgan fingerprint density at radius 2 is 2.38 bits per heavy atom. The molecule has 0 aliphatic carbocycles. The van der Waals surface area contributed by atoms with Gasteiger partial charge in [-0.05, 0) is 19.8 Å². The van der Waals surface area contributed by atoms with Gasteiger partial charge in [0.25, 0.3) is 0 Å². The van der Waals surface area contributed by atoms with E-state index in [9.17, 15) is 4.79 Å². The summed E-state index contributed by atoms with van der Waals surface area (Å²) in [6.45, 7) is 4.47.